The number of nitrogen functional groups attached to an aromatic ring is 1. The third kappa shape index (κ3) is 4.89. The van der Waals surface area contributed by atoms with Crippen molar-refractivity contribution in [2.24, 2.45) is 0 Å². The number of hydrogen-bond acceptors (Lipinski definition) is 8. The molecular weight excluding hydrogens is 442 g/mol. The van der Waals surface area contributed by atoms with Gasteiger partial charge >= 0.3 is 5.97 Å². The zero-order valence-electron chi connectivity index (χ0n) is 17.0. The highest BCUT2D eigenvalue weighted by Gasteiger charge is 2.22. The number of benzene rings is 2. The minimum atomic E-state index is -0.638. The van der Waals surface area contributed by atoms with E-state index < -0.39 is 5.97 Å². The van der Waals surface area contributed by atoms with Gasteiger partial charge in [-0.25, -0.2) is 9.78 Å². The number of hydrogen-bond donors (Lipinski definition) is 1. The Kier molecular flexibility index (Phi) is 6.98. The molecule has 0 bridgehead atoms. The Labute approximate surface area is 188 Å². The molecule has 0 saturated heterocycles. The molecule has 0 radical (unpaired) electrons. The lowest BCUT2D eigenvalue weighted by molar-refractivity contribution is -0.115. The number of esters is 1. The molecular formula is C21H20ClN3O5S. The highest BCUT2D eigenvalue weighted by Crippen LogP contribution is 2.35. The van der Waals surface area contributed by atoms with Gasteiger partial charge in [-0.1, -0.05) is 23.7 Å². The lowest BCUT2D eigenvalue weighted by Gasteiger charge is -2.20. The summed E-state index contributed by atoms with van der Waals surface area (Å²) in [7, 11) is 2.95. The summed E-state index contributed by atoms with van der Waals surface area (Å²) in [4.78, 5) is 30.7. The van der Waals surface area contributed by atoms with Crippen molar-refractivity contribution < 1.29 is 23.8 Å². The molecule has 0 aliphatic rings. The van der Waals surface area contributed by atoms with Gasteiger partial charge in [0.25, 0.3) is 0 Å². The standard InChI is InChI=1S/C21H20ClN3O5S/c1-12(26)25(17-6-4-5-7-18(17)28-2)21-24-13(11-31-21)10-30-20(27)14-8-15(22)16(23)9-19(14)29-3/h4-9,11H,10,23H2,1-3H3. The number of para-hydroxylation sites is 2. The minimum Gasteiger partial charge on any atom is -0.496 e. The van der Waals surface area contributed by atoms with Crippen LogP contribution in [0.2, 0.25) is 5.02 Å². The molecule has 0 saturated carbocycles. The van der Waals surface area contributed by atoms with Crippen LogP contribution in [0.5, 0.6) is 11.5 Å². The summed E-state index contributed by atoms with van der Waals surface area (Å²) in [5.74, 6) is -0.0805. The molecule has 31 heavy (non-hydrogen) atoms. The predicted molar refractivity (Wildman–Crippen MR) is 119 cm³/mol. The van der Waals surface area contributed by atoms with Crippen molar-refractivity contribution in [2.75, 3.05) is 24.9 Å². The van der Waals surface area contributed by atoms with Crippen LogP contribution in [0, 0.1) is 0 Å². The third-order valence-electron chi connectivity index (χ3n) is 4.26. The van der Waals surface area contributed by atoms with Gasteiger partial charge in [0.05, 0.1) is 36.3 Å². The fourth-order valence-electron chi connectivity index (χ4n) is 2.80. The minimum absolute atomic E-state index is 0.0991. The van der Waals surface area contributed by atoms with Crippen molar-refractivity contribution in [2.45, 2.75) is 13.5 Å². The van der Waals surface area contributed by atoms with Crippen molar-refractivity contribution >= 4 is 51.3 Å². The number of methoxy groups -OCH3 is 2. The number of ether oxygens (including phenoxy) is 3. The Balaban J connectivity index is 1.79. The lowest BCUT2D eigenvalue weighted by atomic mass is 10.2. The van der Waals surface area contributed by atoms with Gasteiger partial charge in [0.1, 0.15) is 23.7 Å². The number of nitrogens with zero attached hydrogens (tertiary/aromatic N) is 2. The fourth-order valence-corrected chi connectivity index (χ4v) is 3.83. The monoisotopic (exact) mass is 461 g/mol. The van der Waals surface area contributed by atoms with Crippen LogP contribution in [0.15, 0.2) is 41.8 Å². The molecule has 1 amide bonds. The smallest absolute Gasteiger partial charge is 0.342 e. The van der Waals surface area contributed by atoms with Crippen LogP contribution >= 0.6 is 22.9 Å². The summed E-state index contributed by atoms with van der Waals surface area (Å²) in [6.07, 6.45) is 0. The second-order valence-electron chi connectivity index (χ2n) is 6.30. The van der Waals surface area contributed by atoms with Crippen LogP contribution in [0.4, 0.5) is 16.5 Å². The average molecular weight is 462 g/mol. The molecule has 0 spiro atoms. The Hall–Kier alpha value is -3.30. The number of nitrogens with two attached hydrogens (primary N) is 1. The number of halogens is 1. The van der Waals surface area contributed by atoms with Crippen molar-refractivity contribution in [3.8, 4) is 11.5 Å². The van der Waals surface area contributed by atoms with E-state index in [9.17, 15) is 9.59 Å². The zero-order chi connectivity index (χ0) is 22.5. The van der Waals surface area contributed by atoms with E-state index in [0.29, 0.717) is 27.9 Å². The van der Waals surface area contributed by atoms with Crippen molar-refractivity contribution in [3.63, 3.8) is 0 Å². The molecule has 10 heteroatoms. The molecule has 0 atom stereocenters. The SMILES string of the molecule is COc1cc(N)c(Cl)cc1C(=O)OCc1csc(N(C(C)=O)c2ccccc2OC)n1. The van der Waals surface area contributed by atoms with Crippen molar-refractivity contribution in [3.05, 3.63) is 58.1 Å². The van der Waals surface area contributed by atoms with Crippen LogP contribution < -0.4 is 20.1 Å². The molecule has 2 aromatic carbocycles. The molecule has 0 fully saturated rings. The van der Waals surface area contributed by atoms with Gasteiger partial charge in [-0.2, -0.15) is 0 Å². The number of thiazole rings is 1. The second-order valence-corrected chi connectivity index (χ2v) is 7.54. The Bertz CT molecular complexity index is 1120. The van der Waals surface area contributed by atoms with Gasteiger partial charge in [-0.15, -0.1) is 11.3 Å². The highest BCUT2D eigenvalue weighted by molar-refractivity contribution is 7.14. The lowest BCUT2D eigenvalue weighted by Crippen LogP contribution is -2.23. The molecule has 0 aliphatic heterocycles. The van der Waals surface area contributed by atoms with E-state index in [1.54, 1.807) is 23.6 Å². The Morgan fingerprint density at radius 1 is 1.16 bits per heavy atom. The van der Waals surface area contributed by atoms with E-state index in [1.165, 1.54) is 49.5 Å². The molecule has 3 rings (SSSR count). The summed E-state index contributed by atoms with van der Waals surface area (Å²) < 4.78 is 15.9. The van der Waals surface area contributed by atoms with E-state index in [0.717, 1.165) is 0 Å². The van der Waals surface area contributed by atoms with Crippen LogP contribution in [-0.2, 0) is 16.1 Å². The summed E-state index contributed by atoms with van der Waals surface area (Å²) in [5, 5.41) is 2.36. The van der Waals surface area contributed by atoms with Gasteiger partial charge in [-0.3, -0.25) is 9.69 Å². The first kappa shape index (κ1) is 22.4. The Morgan fingerprint density at radius 2 is 1.87 bits per heavy atom. The average Bonchev–Trinajstić information content (AvgIpc) is 3.22. The number of amides is 1. The molecule has 0 aliphatic carbocycles. The molecule has 8 nitrogen and oxygen atoms in total. The van der Waals surface area contributed by atoms with Gasteiger partial charge in [0.2, 0.25) is 5.91 Å². The molecule has 0 unspecified atom stereocenters. The quantitative estimate of drug-likeness (QED) is 0.409. The summed E-state index contributed by atoms with van der Waals surface area (Å²) >= 11 is 7.25. The number of carbonyl (C=O) groups excluding carboxylic acids is 2. The number of aromatic nitrogens is 1. The van der Waals surface area contributed by atoms with Gasteiger partial charge in [0.15, 0.2) is 5.13 Å². The highest BCUT2D eigenvalue weighted by atomic mass is 35.5. The maximum atomic E-state index is 12.5. The van der Waals surface area contributed by atoms with Crippen LogP contribution in [0.3, 0.4) is 0 Å². The van der Waals surface area contributed by atoms with Gasteiger partial charge in [-0.05, 0) is 18.2 Å². The number of carbonyl (C=O) groups is 2. The van der Waals surface area contributed by atoms with Gasteiger partial charge < -0.3 is 19.9 Å². The predicted octanol–water partition coefficient (Wildman–Crippen LogP) is 4.44. The second kappa shape index (κ2) is 9.67. The first-order valence-corrected chi connectivity index (χ1v) is 10.3. The van der Waals surface area contributed by atoms with Crippen LogP contribution in [0.1, 0.15) is 23.0 Å². The normalized spacial score (nSPS) is 10.5. The number of rotatable bonds is 7. The topological polar surface area (TPSA) is 104 Å². The largest absolute Gasteiger partial charge is 0.496 e. The van der Waals surface area contributed by atoms with Crippen LogP contribution in [0.25, 0.3) is 0 Å². The first-order valence-electron chi connectivity index (χ1n) is 9.04. The first-order chi connectivity index (χ1) is 14.8. The van der Waals surface area contributed by atoms with E-state index in [2.05, 4.69) is 4.98 Å². The molecule has 162 valence electrons. The van der Waals surface area contributed by atoms with Gasteiger partial charge in [0, 0.05) is 18.4 Å². The van der Waals surface area contributed by atoms with E-state index >= 15 is 0 Å². The number of anilines is 3. The molecule has 1 heterocycles. The Morgan fingerprint density at radius 3 is 2.55 bits per heavy atom. The molecule has 1 aromatic heterocycles. The van der Waals surface area contributed by atoms with E-state index in [1.807, 2.05) is 6.07 Å². The molecule has 2 N–H and O–H groups in total. The van der Waals surface area contributed by atoms with E-state index in [-0.39, 0.29) is 28.8 Å². The van der Waals surface area contributed by atoms with Crippen LogP contribution in [-0.4, -0.2) is 31.1 Å². The zero-order valence-corrected chi connectivity index (χ0v) is 18.6. The maximum Gasteiger partial charge on any atom is 0.342 e. The summed E-state index contributed by atoms with van der Waals surface area (Å²) in [5.41, 5.74) is 7.23. The fraction of sp³-hybridized carbons (Fsp3) is 0.190. The third-order valence-corrected chi connectivity index (χ3v) is 5.46. The van der Waals surface area contributed by atoms with Crippen molar-refractivity contribution in [1.82, 2.24) is 4.98 Å². The molecule has 3 aromatic rings. The maximum absolute atomic E-state index is 12.5. The summed E-state index contributed by atoms with van der Waals surface area (Å²) in [6, 6.07) is 9.98. The van der Waals surface area contributed by atoms with Crippen molar-refractivity contribution in [1.29, 1.82) is 0 Å². The van der Waals surface area contributed by atoms with E-state index in [4.69, 9.17) is 31.5 Å². The summed E-state index contributed by atoms with van der Waals surface area (Å²) in [6.45, 7) is 1.34.